The molecule has 2 heterocycles. The molecule has 0 aliphatic heterocycles. The third kappa shape index (κ3) is 2.02. The summed E-state index contributed by atoms with van der Waals surface area (Å²) < 4.78 is 1.82. The quantitative estimate of drug-likeness (QED) is 0.419. The largest absolute Gasteiger partial charge is 0.270 e. The number of hydrogen-bond donors (Lipinski definition) is 0. The molecular weight excluding hydrogens is 294 g/mol. The Kier molecular flexibility index (Phi) is 2.80. The second kappa shape index (κ2) is 4.84. The van der Waals surface area contributed by atoms with Crippen molar-refractivity contribution in [3.05, 3.63) is 64.5 Å². The molecule has 2 aromatic heterocycles. The van der Waals surface area contributed by atoms with Crippen LogP contribution in [0.3, 0.4) is 0 Å². The molecule has 0 radical (unpaired) electrons. The van der Waals surface area contributed by atoms with Crippen molar-refractivity contribution in [3.63, 3.8) is 0 Å². The van der Waals surface area contributed by atoms with Crippen LogP contribution in [0.2, 0.25) is 0 Å². The maximum absolute atomic E-state index is 11.0. The van der Waals surface area contributed by atoms with Crippen LogP contribution < -0.4 is 0 Å². The van der Waals surface area contributed by atoms with Gasteiger partial charge >= 0.3 is 0 Å². The normalized spacial score (nSPS) is 11.2. The van der Waals surface area contributed by atoms with Crippen molar-refractivity contribution < 1.29 is 4.92 Å². The predicted octanol–water partition coefficient (Wildman–Crippen LogP) is 3.16. The van der Waals surface area contributed by atoms with E-state index in [1.165, 1.54) is 12.1 Å². The van der Waals surface area contributed by atoms with Crippen molar-refractivity contribution in [1.29, 1.82) is 0 Å². The smallest absolute Gasteiger partial charge is 0.262 e. The molecule has 4 rings (SSSR count). The summed E-state index contributed by atoms with van der Waals surface area (Å²) in [5.41, 5.74) is 2.18. The van der Waals surface area contributed by atoms with Gasteiger partial charge < -0.3 is 0 Å². The molecule has 112 valence electrons. The van der Waals surface area contributed by atoms with Crippen LogP contribution in [0, 0.1) is 17.0 Å². The number of nitrogens with zero attached hydrogens (tertiary/aromatic N) is 5. The van der Waals surface area contributed by atoms with Gasteiger partial charge in [0.25, 0.3) is 5.69 Å². The topological polar surface area (TPSA) is 86.2 Å². The van der Waals surface area contributed by atoms with Gasteiger partial charge in [-0.15, -0.1) is 10.2 Å². The van der Waals surface area contributed by atoms with E-state index in [1.807, 2.05) is 35.6 Å². The standard InChI is InChI=1S/C16H11N5O2/c1-10-17-14-8-3-2-7-13(14)16-19-18-15(20(10)16)11-5-4-6-12(9-11)21(22)23/h2-9H,1H3. The maximum atomic E-state index is 11.0. The van der Waals surface area contributed by atoms with E-state index in [0.29, 0.717) is 17.0 Å². The summed E-state index contributed by atoms with van der Waals surface area (Å²) in [7, 11) is 0. The fourth-order valence-electron chi connectivity index (χ4n) is 2.70. The molecule has 0 fully saturated rings. The Morgan fingerprint density at radius 2 is 1.91 bits per heavy atom. The monoisotopic (exact) mass is 305 g/mol. The zero-order valence-electron chi connectivity index (χ0n) is 12.2. The average molecular weight is 305 g/mol. The Labute approximate surface area is 130 Å². The second-order valence-corrected chi connectivity index (χ2v) is 5.17. The first-order valence-electron chi connectivity index (χ1n) is 7.00. The number of fused-ring (bicyclic) bond motifs is 3. The molecule has 7 nitrogen and oxygen atoms in total. The number of benzene rings is 2. The number of non-ortho nitro benzene ring substituents is 1. The SMILES string of the molecule is Cc1nc2ccccc2c2nnc(-c3cccc([N+](=O)[O-])c3)n12. The van der Waals surface area contributed by atoms with Gasteiger partial charge in [0.15, 0.2) is 11.5 Å². The van der Waals surface area contributed by atoms with E-state index in [2.05, 4.69) is 15.2 Å². The minimum absolute atomic E-state index is 0.0191. The highest BCUT2D eigenvalue weighted by Gasteiger charge is 2.16. The van der Waals surface area contributed by atoms with Crippen LogP contribution >= 0.6 is 0 Å². The Bertz CT molecular complexity index is 1070. The Morgan fingerprint density at radius 3 is 2.74 bits per heavy atom. The summed E-state index contributed by atoms with van der Waals surface area (Å²) in [4.78, 5) is 15.1. The van der Waals surface area contributed by atoms with Crippen LogP contribution in [-0.4, -0.2) is 24.5 Å². The molecule has 0 atom stereocenters. The van der Waals surface area contributed by atoms with E-state index in [0.717, 1.165) is 16.7 Å². The molecule has 2 aromatic carbocycles. The van der Waals surface area contributed by atoms with Gasteiger partial charge in [0, 0.05) is 23.1 Å². The fourth-order valence-corrected chi connectivity index (χ4v) is 2.70. The van der Waals surface area contributed by atoms with Gasteiger partial charge in [0.05, 0.1) is 10.4 Å². The lowest BCUT2D eigenvalue weighted by Gasteiger charge is -2.06. The van der Waals surface area contributed by atoms with Crippen LogP contribution in [0.25, 0.3) is 27.9 Å². The molecule has 0 spiro atoms. The van der Waals surface area contributed by atoms with E-state index < -0.39 is 4.92 Å². The number of nitro groups is 1. The molecule has 0 bridgehead atoms. The molecule has 0 saturated heterocycles. The molecule has 4 aromatic rings. The number of aromatic nitrogens is 4. The molecule has 0 saturated carbocycles. The van der Waals surface area contributed by atoms with Gasteiger partial charge in [-0.25, -0.2) is 4.98 Å². The Balaban J connectivity index is 2.04. The predicted molar refractivity (Wildman–Crippen MR) is 85.1 cm³/mol. The third-order valence-electron chi connectivity index (χ3n) is 3.73. The van der Waals surface area contributed by atoms with Crippen LogP contribution in [0.1, 0.15) is 5.82 Å². The van der Waals surface area contributed by atoms with E-state index in [4.69, 9.17) is 0 Å². The number of nitro benzene ring substituents is 1. The lowest BCUT2D eigenvalue weighted by atomic mass is 10.2. The Morgan fingerprint density at radius 1 is 1.09 bits per heavy atom. The molecule has 0 aliphatic rings. The van der Waals surface area contributed by atoms with E-state index in [1.54, 1.807) is 12.1 Å². The summed E-state index contributed by atoms with van der Waals surface area (Å²) in [6, 6.07) is 14.0. The van der Waals surface area contributed by atoms with Crippen LogP contribution in [0.4, 0.5) is 5.69 Å². The highest BCUT2D eigenvalue weighted by atomic mass is 16.6. The van der Waals surface area contributed by atoms with Crippen LogP contribution in [-0.2, 0) is 0 Å². The highest BCUT2D eigenvalue weighted by Crippen LogP contribution is 2.26. The van der Waals surface area contributed by atoms with Crippen molar-refractivity contribution in [1.82, 2.24) is 19.6 Å². The van der Waals surface area contributed by atoms with Gasteiger partial charge in [-0.3, -0.25) is 14.5 Å². The molecule has 0 aliphatic carbocycles. The minimum Gasteiger partial charge on any atom is -0.262 e. The van der Waals surface area contributed by atoms with Crippen LogP contribution in [0.15, 0.2) is 48.5 Å². The first-order chi connectivity index (χ1) is 11.1. The molecular formula is C16H11N5O2. The number of hydrogen-bond acceptors (Lipinski definition) is 5. The van der Waals surface area contributed by atoms with Gasteiger partial charge in [-0.2, -0.15) is 0 Å². The number of aryl methyl sites for hydroxylation is 1. The zero-order valence-corrected chi connectivity index (χ0v) is 12.2. The molecule has 0 amide bonds. The number of rotatable bonds is 2. The van der Waals surface area contributed by atoms with Crippen LogP contribution in [0.5, 0.6) is 0 Å². The number of para-hydroxylation sites is 1. The maximum Gasteiger partial charge on any atom is 0.270 e. The van der Waals surface area contributed by atoms with Crippen molar-refractivity contribution in [2.75, 3.05) is 0 Å². The summed E-state index contributed by atoms with van der Waals surface area (Å²) in [5.74, 6) is 1.27. The lowest BCUT2D eigenvalue weighted by molar-refractivity contribution is -0.384. The van der Waals surface area contributed by atoms with Gasteiger partial charge in [-0.05, 0) is 19.1 Å². The van der Waals surface area contributed by atoms with Crippen molar-refractivity contribution in [3.8, 4) is 11.4 Å². The first-order valence-corrected chi connectivity index (χ1v) is 7.00. The van der Waals surface area contributed by atoms with E-state index in [-0.39, 0.29) is 5.69 Å². The third-order valence-corrected chi connectivity index (χ3v) is 3.73. The van der Waals surface area contributed by atoms with Gasteiger partial charge in [0.1, 0.15) is 5.82 Å². The lowest BCUT2D eigenvalue weighted by Crippen LogP contribution is -1.99. The minimum atomic E-state index is -0.423. The molecule has 0 unspecified atom stereocenters. The van der Waals surface area contributed by atoms with Gasteiger partial charge in [-0.1, -0.05) is 24.3 Å². The Hall–Kier alpha value is -3.35. The second-order valence-electron chi connectivity index (χ2n) is 5.17. The van der Waals surface area contributed by atoms with E-state index in [9.17, 15) is 10.1 Å². The average Bonchev–Trinajstić information content (AvgIpc) is 3.01. The summed E-state index contributed by atoms with van der Waals surface area (Å²) in [6.45, 7) is 1.86. The van der Waals surface area contributed by atoms with Crippen molar-refractivity contribution in [2.45, 2.75) is 6.92 Å². The summed E-state index contributed by atoms with van der Waals surface area (Å²) in [6.07, 6.45) is 0. The highest BCUT2D eigenvalue weighted by molar-refractivity contribution is 5.92. The zero-order chi connectivity index (χ0) is 16.0. The fraction of sp³-hybridized carbons (Fsp3) is 0.0625. The van der Waals surface area contributed by atoms with Crippen molar-refractivity contribution >= 4 is 22.2 Å². The first kappa shape index (κ1) is 13.3. The summed E-state index contributed by atoms with van der Waals surface area (Å²) in [5, 5.41) is 20.4. The molecule has 7 heteroatoms. The molecule has 23 heavy (non-hydrogen) atoms. The van der Waals surface area contributed by atoms with Gasteiger partial charge in [0.2, 0.25) is 0 Å². The van der Waals surface area contributed by atoms with E-state index >= 15 is 0 Å². The van der Waals surface area contributed by atoms with Crippen molar-refractivity contribution in [2.24, 2.45) is 0 Å². The summed E-state index contributed by atoms with van der Waals surface area (Å²) >= 11 is 0. The molecule has 0 N–H and O–H groups in total.